The summed E-state index contributed by atoms with van der Waals surface area (Å²) in [5, 5.41) is 3.45. The smallest absolute Gasteiger partial charge is 0.337 e. The molecule has 0 spiro atoms. The van der Waals surface area contributed by atoms with Crippen LogP contribution in [0.15, 0.2) is 29.3 Å². The van der Waals surface area contributed by atoms with Crippen LogP contribution in [0.5, 0.6) is 0 Å². The quantitative estimate of drug-likeness (QED) is 0.416. The largest absolute Gasteiger partial charge is 0.420 e. The zero-order valence-corrected chi connectivity index (χ0v) is 22.0. The van der Waals surface area contributed by atoms with Crippen LogP contribution in [0.1, 0.15) is 33.3 Å². The molecule has 4 heterocycles. The second kappa shape index (κ2) is 9.85. The Morgan fingerprint density at radius 1 is 1.19 bits per heavy atom. The first-order valence-corrected chi connectivity index (χ1v) is 13.6. The number of aromatic nitrogens is 2. The number of alkyl halides is 3. The van der Waals surface area contributed by atoms with Gasteiger partial charge in [-0.1, -0.05) is 11.6 Å². The number of benzene rings is 1. The van der Waals surface area contributed by atoms with E-state index in [1.807, 2.05) is 26.1 Å². The van der Waals surface area contributed by atoms with Crippen LogP contribution in [-0.2, 0) is 19.1 Å². The van der Waals surface area contributed by atoms with Gasteiger partial charge < -0.3 is 15.1 Å². The van der Waals surface area contributed by atoms with Crippen molar-refractivity contribution in [2.45, 2.75) is 31.0 Å². The van der Waals surface area contributed by atoms with E-state index in [1.165, 1.54) is 11.8 Å². The third-order valence-corrected chi connectivity index (χ3v) is 8.84. The van der Waals surface area contributed by atoms with Gasteiger partial charge in [0.15, 0.2) is 0 Å². The van der Waals surface area contributed by atoms with Crippen molar-refractivity contribution in [2.75, 3.05) is 37.8 Å². The third kappa shape index (κ3) is 4.93. The molecular weight excluding hydrogens is 531 g/mol. The van der Waals surface area contributed by atoms with Gasteiger partial charge in [-0.25, -0.2) is 9.97 Å². The molecule has 3 aromatic rings. The number of hydrogen-bond donors (Lipinski definition) is 1. The highest BCUT2D eigenvalue weighted by Gasteiger charge is 2.37. The van der Waals surface area contributed by atoms with Crippen molar-refractivity contribution in [3.63, 3.8) is 0 Å². The van der Waals surface area contributed by atoms with Crippen molar-refractivity contribution in [3.8, 4) is 10.6 Å². The third-order valence-electron chi connectivity index (χ3n) is 6.25. The van der Waals surface area contributed by atoms with Crippen molar-refractivity contribution in [2.24, 2.45) is 0 Å². The second-order valence-corrected chi connectivity index (χ2v) is 11.3. The summed E-state index contributed by atoms with van der Waals surface area (Å²) in [5.41, 5.74) is 1.58. The number of rotatable bonds is 4. The maximum absolute atomic E-state index is 13.9. The SMILES string of the molecule is CCN1CCSc2cc(-c3nc(Nc4cc5c(cc4Cl)CN(C)CC5)ncc3C(F)(F)F)sc2C1=O. The summed E-state index contributed by atoms with van der Waals surface area (Å²) in [6, 6.07) is 5.41. The summed E-state index contributed by atoms with van der Waals surface area (Å²) < 4.78 is 41.8. The first-order chi connectivity index (χ1) is 17.1. The Hall–Kier alpha value is -2.34. The number of likely N-dealkylation sites (N-methyl/N-ethyl adjacent to an activating group) is 1. The Balaban J connectivity index is 1.53. The Morgan fingerprint density at radius 3 is 2.75 bits per heavy atom. The maximum Gasteiger partial charge on any atom is 0.420 e. The van der Waals surface area contributed by atoms with Gasteiger partial charge >= 0.3 is 6.18 Å². The second-order valence-electron chi connectivity index (χ2n) is 8.70. The molecule has 1 amide bonds. The Morgan fingerprint density at radius 2 is 2.00 bits per heavy atom. The normalized spacial score (nSPS) is 16.5. The highest BCUT2D eigenvalue weighted by molar-refractivity contribution is 7.99. The van der Waals surface area contributed by atoms with Crippen LogP contribution in [0.4, 0.5) is 24.8 Å². The van der Waals surface area contributed by atoms with Crippen LogP contribution < -0.4 is 5.32 Å². The van der Waals surface area contributed by atoms with Crippen molar-refractivity contribution < 1.29 is 18.0 Å². The molecule has 0 atom stereocenters. The number of carbonyl (C=O) groups excluding carboxylic acids is 1. The lowest BCUT2D eigenvalue weighted by atomic mass is 9.99. The number of thioether (sulfide) groups is 1. The van der Waals surface area contributed by atoms with Gasteiger partial charge in [-0.05, 0) is 49.7 Å². The van der Waals surface area contributed by atoms with Gasteiger partial charge in [0.25, 0.3) is 5.91 Å². The molecule has 1 N–H and O–H groups in total. The Kier molecular flexibility index (Phi) is 6.92. The van der Waals surface area contributed by atoms with Crippen LogP contribution in [0.3, 0.4) is 0 Å². The highest BCUT2D eigenvalue weighted by atomic mass is 35.5. The predicted octanol–water partition coefficient (Wildman–Crippen LogP) is 6.18. The lowest BCUT2D eigenvalue weighted by molar-refractivity contribution is -0.137. The minimum Gasteiger partial charge on any atom is -0.337 e. The van der Waals surface area contributed by atoms with Crippen LogP contribution in [0.2, 0.25) is 5.02 Å². The number of hydrogen-bond acceptors (Lipinski definition) is 7. The lowest BCUT2D eigenvalue weighted by Crippen LogP contribution is -2.31. The molecule has 1 aromatic carbocycles. The summed E-state index contributed by atoms with van der Waals surface area (Å²) in [7, 11) is 2.04. The zero-order chi connectivity index (χ0) is 25.6. The summed E-state index contributed by atoms with van der Waals surface area (Å²) in [6.07, 6.45) is -3.03. The first kappa shape index (κ1) is 25.3. The van der Waals surface area contributed by atoms with Gasteiger partial charge in [-0.15, -0.1) is 23.1 Å². The van der Waals surface area contributed by atoms with E-state index < -0.39 is 11.7 Å². The molecule has 0 aliphatic carbocycles. The number of nitrogens with one attached hydrogen (secondary N) is 1. The molecule has 0 saturated heterocycles. The number of amides is 1. The van der Waals surface area contributed by atoms with Gasteiger partial charge in [0.1, 0.15) is 10.4 Å². The zero-order valence-electron chi connectivity index (χ0n) is 19.6. The Labute approximate surface area is 219 Å². The number of fused-ring (bicyclic) bond motifs is 2. The monoisotopic (exact) mass is 553 g/mol. The van der Waals surface area contributed by atoms with Crippen LogP contribution in [-0.4, -0.2) is 58.1 Å². The van der Waals surface area contributed by atoms with Crippen LogP contribution in [0.25, 0.3) is 10.6 Å². The molecule has 0 fully saturated rings. The average molecular weight is 554 g/mol. The van der Waals surface area contributed by atoms with Gasteiger partial charge in [-0.2, -0.15) is 13.2 Å². The topological polar surface area (TPSA) is 61.4 Å². The molecule has 0 radical (unpaired) electrons. The van der Waals surface area contributed by atoms with E-state index in [9.17, 15) is 18.0 Å². The number of carbonyl (C=O) groups is 1. The van der Waals surface area contributed by atoms with Crippen molar-refractivity contribution >= 4 is 52.2 Å². The minimum absolute atomic E-state index is 0.00513. The first-order valence-electron chi connectivity index (χ1n) is 11.4. The molecule has 0 bridgehead atoms. The van der Waals surface area contributed by atoms with E-state index in [0.717, 1.165) is 48.2 Å². The van der Waals surface area contributed by atoms with Gasteiger partial charge in [0.05, 0.1) is 21.3 Å². The fourth-order valence-electron chi connectivity index (χ4n) is 4.33. The van der Waals surface area contributed by atoms with E-state index in [-0.39, 0.29) is 22.4 Å². The van der Waals surface area contributed by atoms with E-state index >= 15 is 0 Å². The molecule has 190 valence electrons. The molecule has 2 aliphatic rings. The van der Waals surface area contributed by atoms with E-state index in [2.05, 4.69) is 20.2 Å². The number of nitrogens with zero attached hydrogens (tertiary/aromatic N) is 4. The molecule has 5 rings (SSSR count). The predicted molar refractivity (Wildman–Crippen MR) is 137 cm³/mol. The van der Waals surface area contributed by atoms with E-state index in [4.69, 9.17) is 11.6 Å². The van der Waals surface area contributed by atoms with Gasteiger partial charge in [-0.3, -0.25) is 4.79 Å². The van der Waals surface area contributed by atoms with E-state index in [1.54, 1.807) is 11.0 Å². The highest BCUT2D eigenvalue weighted by Crippen LogP contribution is 2.43. The van der Waals surface area contributed by atoms with Crippen LogP contribution >= 0.6 is 34.7 Å². The maximum atomic E-state index is 13.9. The molecule has 12 heteroatoms. The van der Waals surface area contributed by atoms with Gasteiger partial charge in [0.2, 0.25) is 5.95 Å². The number of thiophene rings is 1. The Bertz CT molecular complexity index is 1330. The fourth-order valence-corrected chi connectivity index (χ4v) is 6.92. The molecule has 0 unspecified atom stereocenters. The number of halogens is 4. The summed E-state index contributed by atoms with van der Waals surface area (Å²) in [4.78, 5) is 26.4. The van der Waals surface area contributed by atoms with Crippen molar-refractivity contribution in [1.29, 1.82) is 0 Å². The average Bonchev–Trinajstić information content (AvgIpc) is 3.19. The standard InChI is InChI=1S/C24H23ClF3N5OS2/c1-3-33-6-7-35-19-10-18(36-21(19)22(33)34)20-15(24(26,27)28)11-29-23(31-20)30-17-9-13-4-5-32(2)12-14(13)8-16(17)25/h8-11H,3-7,12H2,1-2H3,(H,29,30,31). The van der Waals surface area contributed by atoms with Crippen LogP contribution in [0, 0.1) is 0 Å². The van der Waals surface area contributed by atoms with E-state index in [0.29, 0.717) is 39.3 Å². The van der Waals surface area contributed by atoms with Crippen molar-refractivity contribution in [1.82, 2.24) is 19.8 Å². The number of anilines is 2. The summed E-state index contributed by atoms with van der Waals surface area (Å²) >= 11 is 8.99. The summed E-state index contributed by atoms with van der Waals surface area (Å²) in [5.74, 6) is 0.518. The molecule has 2 aromatic heterocycles. The molecule has 6 nitrogen and oxygen atoms in total. The van der Waals surface area contributed by atoms with Crippen molar-refractivity contribution in [3.05, 3.63) is 51.0 Å². The lowest BCUT2D eigenvalue weighted by Gasteiger charge is -2.26. The van der Waals surface area contributed by atoms with Gasteiger partial charge in [0, 0.05) is 43.0 Å². The summed E-state index contributed by atoms with van der Waals surface area (Å²) in [6.45, 7) is 4.72. The molecule has 0 saturated carbocycles. The fraction of sp³-hybridized carbons (Fsp3) is 0.375. The minimum atomic E-state index is -4.66. The molecule has 36 heavy (non-hydrogen) atoms. The molecular formula is C24H23ClF3N5OS2. The molecule has 2 aliphatic heterocycles.